The molecule has 0 aromatic carbocycles. The molecule has 1 rings (SSSR count). The molecular weight excluding hydrogens is 261 g/mol. The number of hydrogen-bond donors (Lipinski definition) is 7. The van der Waals surface area contributed by atoms with Gasteiger partial charge in [0.2, 0.25) is 0 Å². The molecule has 11 heteroatoms. The fraction of sp³-hybridized carbons (Fsp3) is 1.00. The Balaban J connectivity index is 2.95. The predicted molar refractivity (Wildman–Crippen MR) is 50.0 cm³/mol. The van der Waals surface area contributed by atoms with Crippen molar-refractivity contribution in [2.45, 2.75) is 30.3 Å². The summed E-state index contributed by atoms with van der Waals surface area (Å²) in [5, 5.41) is 37.0. The van der Waals surface area contributed by atoms with Crippen molar-refractivity contribution >= 4 is 7.82 Å². The molecule has 0 saturated carbocycles. The highest BCUT2D eigenvalue weighted by Crippen LogP contribution is 2.43. The van der Waals surface area contributed by atoms with Gasteiger partial charge in [0.05, 0.1) is 6.61 Å². The van der Waals surface area contributed by atoms with Crippen LogP contribution in [0.4, 0.5) is 0 Å². The van der Waals surface area contributed by atoms with Crippen LogP contribution in [0.3, 0.4) is 0 Å². The van der Waals surface area contributed by atoms with Gasteiger partial charge in [-0.2, -0.15) is 0 Å². The SMILES string of the molecule is N[C@]1(OP(=O)(O)O)O[C@H](CO)[C@@H](O)[C@H](O)[C@H]1O. The van der Waals surface area contributed by atoms with Crippen LogP contribution in [-0.2, 0) is 13.8 Å². The Morgan fingerprint density at radius 2 is 1.82 bits per heavy atom. The molecule has 0 spiro atoms. The Hall–Kier alpha value is -0.130. The van der Waals surface area contributed by atoms with Crippen LogP contribution in [0, 0.1) is 0 Å². The van der Waals surface area contributed by atoms with Crippen molar-refractivity contribution < 1.29 is 44.0 Å². The van der Waals surface area contributed by atoms with E-state index in [4.69, 9.17) is 20.6 Å². The Labute approximate surface area is 95.4 Å². The largest absolute Gasteiger partial charge is 0.473 e. The van der Waals surface area contributed by atoms with Crippen LogP contribution in [0.15, 0.2) is 0 Å². The fourth-order valence-electron chi connectivity index (χ4n) is 1.43. The van der Waals surface area contributed by atoms with Crippen molar-refractivity contribution in [2.24, 2.45) is 5.73 Å². The molecule has 17 heavy (non-hydrogen) atoms. The quantitative estimate of drug-likeness (QED) is 0.199. The highest BCUT2D eigenvalue weighted by atomic mass is 31.2. The van der Waals surface area contributed by atoms with Crippen LogP contribution in [0.5, 0.6) is 0 Å². The standard InChI is InChI=1S/C6H14NO9P/c7-6(16-17(12,13)14)5(11)4(10)3(9)2(1-8)15-6/h2-5,8-11H,1,7H2,(H2,12,13,14)/t2-,3-,4+,5-,6+/m1/s1. The Morgan fingerprint density at radius 3 is 2.24 bits per heavy atom. The van der Waals surface area contributed by atoms with E-state index in [1.54, 1.807) is 0 Å². The topological polar surface area (TPSA) is 183 Å². The summed E-state index contributed by atoms with van der Waals surface area (Å²) in [6.45, 7) is -0.797. The summed E-state index contributed by atoms with van der Waals surface area (Å²) >= 11 is 0. The van der Waals surface area contributed by atoms with Crippen molar-refractivity contribution in [1.82, 2.24) is 0 Å². The van der Waals surface area contributed by atoms with Gasteiger partial charge in [-0.05, 0) is 0 Å². The summed E-state index contributed by atoms with van der Waals surface area (Å²) in [5.41, 5.74) is 5.24. The molecule has 1 heterocycles. The zero-order valence-corrected chi connectivity index (χ0v) is 9.34. The van der Waals surface area contributed by atoms with E-state index in [2.05, 4.69) is 9.26 Å². The second-order valence-corrected chi connectivity index (χ2v) is 4.73. The van der Waals surface area contributed by atoms with Gasteiger partial charge in [-0.15, -0.1) is 0 Å². The number of aliphatic hydroxyl groups excluding tert-OH is 4. The van der Waals surface area contributed by atoms with E-state index in [1.165, 1.54) is 0 Å². The van der Waals surface area contributed by atoms with Gasteiger partial charge in [0.25, 0.3) is 5.91 Å². The molecular formula is C6H14NO9P. The minimum absolute atomic E-state index is 0.797. The van der Waals surface area contributed by atoms with Gasteiger partial charge in [0.15, 0.2) is 6.10 Å². The zero-order chi connectivity index (χ0) is 13.4. The summed E-state index contributed by atoms with van der Waals surface area (Å²) < 4.78 is 19.3. The van der Waals surface area contributed by atoms with Crippen molar-refractivity contribution in [1.29, 1.82) is 0 Å². The molecule has 5 atom stereocenters. The number of nitrogens with two attached hydrogens (primary N) is 1. The summed E-state index contributed by atoms with van der Waals surface area (Å²) in [6.07, 6.45) is -7.12. The van der Waals surface area contributed by atoms with Gasteiger partial charge < -0.3 is 34.9 Å². The number of phosphoric ester groups is 1. The van der Waals surface area contributed by atoms with Crippen molar-refractivity contribution in [3.8, 4) is 0 Å². The third-order valence-electron chi connectivity index (χ3n) is 2.24. The summed E-state index contributed by atoms with van der Waals surface area (Å²) in [6, 6.07) is 0. The van der Waals surface area contributed by atoms with E-state index < -0.39 is 44.8 Å². The second kappa shape index (κ2) is 4.86. The molecule has 1 saturated heterocycles. The molecule has 102 valence electrons. The molecule has 1 aliphatic heterocycles. The van der Waals surface area contributed by atoms with Crippen molar-refractivity contribution in [3.63, 3.8) is 0 Å². The highest BCUT2D eigenvalue weighted by molar-refractivity contribution is 7.46. The van der Waals surface area contributed by atoms with Crippen LogP contribution >= 0.6 is 7.82 Å². The highest BCUT2D eigenvalue weighted by Gasteiger charge is 2.55. The molecule has 10 nitrogen and oxygen atoms in total. The fourth-order valence-corrected chi connectivity index (χ4v) is 1.95. The molecule has 0 aromatic rings. The smallest absolute Gasteiger partial charge is 0.394 e. The number of rotatable bonds is 3. The van der Waals surface area contributed by atoms with Crippen LogP contribution < -0.4 is 5.73 Å². The van der Waals surface area contributed by atoms with E-state index >= 15 is 0 Å². The first-order valence-electron chi connectivity index (χ1n) is 4.49. The summed E-state index contributed by atoms with van der Waals surface area (Å²) in [5.74, 6) is -2.73. The van der Waals surface area contributed by atoms with E-state index in [1.807, 2.05) is 0 Å². The molecule has 0 amide bonds. The third-order valence-corrected chi connectivity index (χ3v) is 2.77. The average Bonchev–Trinajstić information content (AvgIpc) is 2.18. The van der Waals surface area contributed by atoms with E-state index in [9.17, 15) is 19.9 Å². The van der Waals surface area contributed by atoms with E-state index in [0.29, 0.717) is 0 Å². The van der Waals surface area contributed by atoms with Crippen molar-refractivity contribution in [2.75, 3.05) is 6.61 Å². The predicted octanol–water partition coefficient (Wildman–Crippen LogP) is -3.82. The monoisotopic (exact) mass is 275 g/mol. The Morgan fingerprint density at radius 1 is 1.29 bits per heavy atom. The van der Waals surface area contributed by atoms with Gasteiger partial charge in [0.1, 0.15) is 18.3 Å². The zero-order valence-electron chi connectivity index (χ0n) is 8.45. The average molecular weight is 275 g/mol. The minimum atomic E-state index is -5.10. The number of hydrogen-bond acceptors (Lipinski definition) is 8. The van der Waals surface area contributed by atoms with Crippen molar-refractivity contribution in [3.05, 3.63) is 0 Å². The minimum Gasteiger partial charge on any atom is -0.394 e. The maximum absolute atomic E-state index is 10.6. The summed E-state index contributed by atoms with van der Waals surface area (Å²) in [7, 11) is -5.10. The normalized spacial score (nSPS) is 43.7. The van der Waals surface area contributed by atoms with Crippen LogP contribution in [0.25, 0.3) is 0 Å². The maximum atomic E-state index is 10.6. The van der Waals surface area contributed by atoms with E-state index in [0.717, 1.165) is 0 Å². The first-order valence-corrected chi connectivity index (χ1v) is 6.02. The molecule has 0 aliphatic carbocycles. The number of phosphoric acid groups is 1. The lowest BCUT2D eigenvalue weighted by molar-refractivity contribution is -0.338. The lowest BCUT2D eigenvalue weighted by Gasteiger charge is -2.45. The number of ether oxygens (including phenoxy) is 1. The van der Waals surface area contributed by atoms with Gasteiger partial charge in [-0.3, -0.25) is 5.73 Å². The first-order chi connectivity index (χ1) is 7.60. The molecule has 0 aromatic heterocycles. The summed E-state index contributed by atoms with van der Waals surface area (Å²) in [4.78, 5) is 17.2. The molecule has 0 bridgehead atoms. The third kappa shape index (κ3) is 3.20. The van der Waals surface area contributed by atoms with Gasteiger partial charge in [0, 0.05) is 0 Å². The molecule has 8 N–H and O–H groups in total. The van der Waals surface area contributed by atoms with Crippen LogP contribution in [-0.4, -0.2) is 67.1 Å². The van der Waals surface area contributed by atoms with Crippen LogP contribution in [0.1, 0.15) is 0 Å². The second-order valence-electron chi connectivity index (χ2n) is 3.57. The Kier molecular flexibility index (Phi) is 4.27. The lowest BCUT2D eigenvalue weighted by Crippen LogP contribution is -2.69. The first kappa shape index (κ1) is 14.9. The lowest BCUT2D eigenvalue weighted by atomic mass is 9.97. The molecule has 1 aliphatic rings. The van der Waals surface area contributed by atoms with Gasteiger partial charge >= 0.3 is 7.82 Å². The van der Waals surface area contributed by atoms with Crippen LogP contribution in [0.2, 0.25) is 0 Å². The molecule has 1 fully saturated rings. The van der Waals surface area contributed by atoms with Gasteiger partial charge in [-0.25, -0.2) is 9.09 Å². The maximum Gasteiger partial charge on any atom is 0.473 e. The molecule has 0 radical (unpaired) electrons. The Bertz CT molecular complexity index is 319. The number of aliphatic hydroxyl groups is 4. The molecule has 0 unspecified atom stereocenters. The van der Waals surface area contributed by atoms with Gasteiger partial charge in [-0.1, -0.05) is 0 Å². The van der Waals surface area contributed by atoms with E-state index in [-0.39, 0.29) is 0 Å².